The van der Waals surface area contributed by atoms with Crippen molar-refractivity contribution in [1.29, 1.82) is 0 Å². The van der Waals surface area contributed by atoms with Crippen LogP contribution in [0.1, 0.15) is 0 Å². The molecule has 0 atom stereocenters. The summed E-state index contributed by atoms with van der Waals surface area (Å²) < 4.78 is 1.17. The second kappa shape index (κ2) is 7.15. The Balaban J connectivity index is 1.66. The van der Waals surface area contributed by atoms with Crippen molar-refractivity contribution in [2.45, 2.75) is 0 Å². The van der Waals surface area contributed by atoms with Crippen molar-refractivity contribution in [1.82, 2.24) is 9.80 Å². The standard InChI is InChI=1S/C18H21N3O2S/c1-19(2)9-5-8-16(22)20-10-11-21(17(23)13-20)18-12-14-6-3-4-7-15(14)24-18/h3-8,12H,9-11,13H2,1-2H3/b8-5+. The lowest BCUT2D eigenvalue weighted by molar-refractivity contribution is -0.133. The molecule has 0 aliphatic carbocycles. The summed E-state index contributed by atoms with van der Waals surface area (Å²) in [4.78, 5) is 30.0. The van der Waals surface area contributed by atoms with Crippen LogP contribution in [-0.4, -0.2) is 61.9 Å². The van der Waals surface area contributed by atoms with Crippen LogP contribution in [-0.2, 0) is 9.59 Å². The van der Waals surface area contributed by atoms with E-state index in [1.54, 1.807) is 27.2 Å². The number of hydrogen-bond acceptors (Lipinski definition) is 4. The molecule has 0 radical (unpaired) electrons. The second-order valence-corrected chi connectivity index (χ2v) is 7.15. The van der Waals surface area contributed by atoms with Gasteiger partial charge in [0.05, 0.1) is 5.00 Å². The Labute approximate surface area is 145 Å². The van der Waals surface area contributed by atoms with Crippen LogP contribution in [0.25, 0.3) is 10.1 Å². The van der Waals surface area contributed by atoms with Crippen LogP contribution in [0.2, 0.25) is 0 Å². The molecule has 0 spiro atoms. The number of thiophene rings is 1. The fraction of sp³-hybridized carbons (Fsp3) is 0.333. The van der Waals surface area contributed by atoms with E-state index in [1.807, 2.05) is 43.3 Å². The van der Waals surface area contributed by atoms with E-state index in [0.717, 1.165) is 10.4 Å². The Morgan fingerprint density at radius 3 is 2.79 bits per heavy atom. The summed E-state index contributed by atoms with van der Waals surface area (Å²) >= 11 is 1.62. The maximum Gasteiger partial charge on any atom is 0.247 e. The van der Waals surface area contributed by atoms with E-state index < -0.39 is 0 Å². The summed E-state index contributed by atoms with van der Waals surface area (Å²) in [5.74, 6) is -0.122. The average Bonchev–Trinajstić information content (AvgIpc) is 2.97. The van der Waals surface area contributed by atoms with Crippen molar-refractivity contribution in [2.75, 3.05) is 45.2 Å². The number of likely N-dealkylation sites (N-methyl/N-ethyl adjacent to an activating group) is 1. The summed E-state index contributed by atoms with van der Waals surface area (Å²) in [7, 11) is 3.89. The first kappa shape index (κ1) is 16.7. The van der Waals surface area contributed by atoms with E-state index >= 15 is 0 Å². The van der Waals surface area contributed by atoms with Crippen LogP contribution < -0.4 is 4.90 Å². The quantitative estimate of drug-likeness (QED) is 0.800. The zero-order valence-electron chi connectivity index (χ0n) is 13.9. The molecule has 6 heteroatoms. The molecule has 1 aromatic heterocycles. The van der Waals surface area contributed by atoms with Gasteiger partial charge in [-0.3, -0.25) is 9.59 Å². The maximum atomic E-state index is 12.5. The summed E-state index contributed by atoms with van der Waals surface area (Å²) in [6.07, 6.45) is 3.38. The first-order chi connectivity index (χ1) is 11.5. The molecule has 5 nitrogen and oxygen atoms in total. The fourth-order valence-corrected chi connectivity index (χ4v) is 3.77. The highest BCUT2D eigenvalue weighted by Crippen LogP contribution is 2.33. The van der Waals surface area contributed by atoms with E-state index in [4.69, 9.17) is 0 Å². The number of fused-ring (bicyclic) bond motifs is 1. The van der Waals surface area contributed by atoms with Crippen LogP contribution in [0.15, 0.2) is 42.5 Å². The highest BCUT2D eigenvalue weighted by molar-refractivity contribution is 7.23. The molecular weight excluding hydrogens is 322 g/mol. The maximum absolute atomic E-state index is 12.5. The van der Waals surface area contributed by atoms with E-state index in [9.17, 15) is 9.59 Å². The smallest absolute Gasteiger partial charge is 0.247 e. The van der Waals surface area contributed by atoms with Crippen molar-refractivity contribution in [3.8, 4) is 0 Å². The summed E-state index contributed by atoms with van der Waals surface area (Å²) in [6.45, 7) is 1.95. The zero-order chi connectivity index (χ0) is 17.1. The van der Waals surface area contributed by atoms with E-state index in [2.05, 4.69) is 12.1 Å². The van der Waals surface area contributed by atoms with Crippen LogP contribution in [0.4, 0.5) is 5.00 Å². The van der Waals surface area contributed by atoms with Crippen LogP contribution >= 0.6 is 11.3 Å². The molecule has 0 N–H and O–H groups in total. The van der Waals surface area contributed by atoms with Crippen molar-refractivity contribution in [3.05, 3.63) is 42.5 Å². The highest BCUT2D eigenvalue weighted by atomic mass is 32.1. The van der Waals surface area contributed by atoms with Gasteiger partial charge in [-0.05, 0) is 31.6 Å². The molecular formula is C18H21N3O2S. The van der Waals surface area contributed by atoms with E-state index in [0.29, 0.717) is 19.6 Å². The van der Waals surface area contributed by atoms with Gasteiger partial charge in [-0.15, -0.1) is 11.3 Å². The number of benzene rings is 1. The minimum Gasteiger partial charge on any atom is -0.328 e. The summed E-state index contributed by atoms with van der Waals surface area (Å²) in [5.41, 5.74) is 0. The Morgan fingerprint density at radius 1 is 1.29 bits per heavy atom. The van der Waals surface area contributed by atoms with Crippen molar-refractivity contribution >= 4 is 38.2 Å². The first-order valence-corrected chi connectivity index (χ1v) is 8.75. The number of nitrogens with zero attached hydrogens (tertiary/aromatic N) is 3. The third kappa shape index (κ3) is 3.66. The molecule has 126 valence electrons. The molecule has 3 rings (SSSR count). The second-order valence-electron chi connectivity index (χ2n) is 6.09. The minimum absolute atomic E-state index is 0.0258. The number of anilines is 1. The molecule has 1 fully saturated rings. The van der Waals surface area contributed by atoms with Crippen molar-refractivity contribution < 1.29 is 9.59 Å². The third-order valence-electron chi connectivity index (χ3n) is 3.94. The molecule has 1 saturated heterocycles. The largest absolute Gasteiger partial charge is 0.328 e. The van der Waals surface area contributed by atoms with E-state index in [1.165, 1.54) is 4.70 Å². The first-order valence-electron chi connectivity index (χ1n) is 7.94. The van der Waals surface area contributed by atoms with Crippen LogP contribution in [0.5, 0.6) is 0 Å². The van der Waals surface area contributed by atoms with Crippen molar-refractivity contribution in [3.63, 3.8) is 0 Å². The number of hydrogen-bond donors (Lipinski definition) is 0. The number of rotatable bonds is 4. The predicted octanol–water partition coefficient (Wildman–Crippen LogP) is 2.19. The van der Waals surface area contributed by atoms with Crippen molar-refractivity contribution in [2.24, 2.45) is 0 Å². The van der Waals surface area contributed by atoms with Gasteiger partial charge in [0, 0.05) is 30.4 Å². The zero-order valence-corrected chi connectivity index (χ0v) is 14.8. The molecule has 2 heterocycles. The van der Waals surface area contributed by atoms with Gasteiger partial charge < -0.3 is 14.7 Å². The summed E-state index contributed by atoms with van der Waals surface area (Å²) in [6, 6.07) is 10.2. The van der Waals surface area contributed by atoms with Gasteiger partial charge >= 0.3 is 0 Å². The van der Waals surface area contributed by atoms with Gasteiger partial charge in [-0.1, -0.05) is 24.3 Å². The SMILES string of the molecule is CN(C)C/C=C/C(=O)N1CCN(c2cc3ccccc3s2)C(=O)C1. The summed E-state index contributed by atoms with van der Waals surface area (Å²) in [5, 5.41) is 2.10. The average molecular weight is 343 g/mol. The lowest BCUT2D eigenvalue weighted by Gasteiger charge is -2.33. The van der Waals surface area contributed by atoms with Gasteiger partial charge in [0.25, 0.3) is 0 Å². The molecule has 0 unspecified atom stereocenters. The number of carbonyl (C=O) groups excluding carboxylic acids is 2. The monoisotopic (exact) mass is 343 g/mol. The van der Waals surface area contributed by atoms with E-state index in [-0.39, 0.29) is 18.4 Å². The fourth-order valence-electron chi connectivity index (χ4n) is 2.66. The van der Waals surface area contributed by atoms with Gasteiger partial charge in [0.15, 0.2) is 0 Å². The van der Waals surface area contributed by atoms with Crippen LogP contribution in [0, 0.1) is 0 Å². The van der Waals surface area contributed by atoms with Crippen LogP contribution in [0.3, 0.4) is 0 Å². The predicted molar refractivity (Wildman–Crippen MR) is 98.5 cm³/mol. The minimum atomic E-state index is -0.0961. The van der Waals surface area contributed by atoms with Gasteiger partial charge in [-0.25, -0.2) is 0 Å². The highest BCUT2D eigenvalue weighted by Gasteiger charge is 2.28. The molecule has 2 amide bonds. The lowest BCUT2D eigenvalue weighted by Crippen LogP contribution is -2.51. The molecule has 2 aromatic rings. The van der Waals surface area contributed by atoms with Gasteiger partial charge in [0.2, 0.25) is 11.8 Å². The molecule has 0 saturated carbocycles. The number of piperazine rings is 1. The third-order valence-corrected chi connectivity index (χ3v) is 5.08. The lowest BCUT2D eigenvalue weighted by atomic mass is 10.2. The molecule has 0 bridgehead atoms. The normalized spacial score (nSPS) is 15.9. The Morgan fingerprint density at radius 2 is 2.08 bits per heavy atom. The Bertz CT molecular complexity index is 748. The molecule has 1 aromatic carbocycles. The Kier molecular flexibility index (Phi) is 4.97. The molecule has 24 heavy (non-hydrogen) atoms. The van der Waals surface area contributed by atoms with Gasteiger partial charge in [0.1, 0.15) is 6.54 Å². The number of amides is 2. The number of carbonyl (C=O) groups is 2. The molecule has 1 aliphatic rings. The van der Waals surface area contributed by atoms with Gasteiger partial charge in [-0.2, -0.15) is 0 Å². The molecule has 1 aliphatic heterocycles. The topological polar surface area (TPSA) is 43.9 Å². The Hall–Kier alpha value is -2.18.